The number of nitrogens with zero attached hydrogens (tertiary/aromatic N) is 1. The first-order valence-electron chi connectivity index (χ1n) is 11.9. The summed E-state index contributed by atoms with van der Waals surface area (Å²) in [6.45, 7) is 18.8. The normalized spacial score (nSPS) is 11.1. The van der Waals surface area contributed by atoms with Crippen LogP contribution in [0.4, 0.5) is 0 Å². The molecular weight excluding hydrogens is 482 g/mol. The summed E-state index contributed by atoms with van der Waals surface area (Å²) in [5.41, 5.74) is 0. The summed E-state index contributed by atoms with van der Waals surface area (Å²) in [7, 11) is 0. The van der Waals surface area contributed by atoms with E-state index in [2.05, 4.69) is 37.2 Å². The summed E-state index contributed by atoms with van der Waals surface area (Å²) in [6.07, 6.45) is 12.0. The molecule has 0 heterocycles. The fraction of sp³-hybridized carbons (Fsp3) is 0.833. The molecule has 0 rings (SSSR count). The largest absolute Gasteiger partial charge is 1.00 e. The molecule has 0 saturated heterocycles. The van der Waals surface area contributed by atoms with E-state index in [0.717, 1.165) is 6.08 Å². The van der Waals surface area contributed by atoms with Crippen molar-refractivity contribution in [1.82, 2.24) is 0 Å². The molecule has 0 spiro atoms. The highest BCUT2D eigenvalue weighted by atomic mass is 79.9. The molecule has 0 aromatic rings. The van der Waals surface area contributed by atoms with E-state index in [9.17, 15) is 9.59 Å². The first-order valence-corrected chi connectivity index (χ1v) is 12.3. The van der Waals surface area contributed by atoms with Gasteiger partial charge in [-0.15, -0.1) is 0 Å². The van der Waals surface area contributed by atoms with Crippen LogP contribution in [0.3, 0.4) is 0 Å². The van der Waals surface area contributed by atoms with Crippen molar-refractivity contribution in [3.63, 3.8) is 0 Å². The molecule has 31 heavy (non-hydrogen) atoms. The minimum atomic E-state index is -0.725. The average Bonchev–Trinajstić information content (AvgIpc) is 2.73. The van der Waals surface area contributed by atoms with E-state index in [1.807, 2.05) is 0 Å². The second-order valence-corrected chi connectivity index (χ2v) is 8.02. The van der Waals surface area contributed by atoms with Gasteiger partial charge >= 0.3 is 11.9 Å². The quantitative estimate of drug-likeness (QED) is 0.175. The third-order valence-corrected chi connectivity index (χ3v) is 5.21. The maximum Gasteiger partial charge on any atom is 0.350 e. The van der Waals surface area contributed by atoms with Crippen LogP contribution in [0.2, 0.25) is 0 Å². The summed E-state index contributed by atoms with van der Waals surface area (Å²) in [4.78, 5) is 21.6. The molecule has 0 atom stereocenters. The van der Waals surface area contributed by atoms with Crippen molar-refractivity contribution in [1.29, 1.82) is 0 Å². The number of halogens is 2. The first-order chi connectivity index (χ1) is 14.4. The molecule has 0 saturated carbocycles. The predicted molar refractivity (Wildman–Crippen MR) is 127 cm³/mol. The van der Waals surface area contributed by atoms with Crippen LogP contribution in [0.15, 0.2) is 11.1 Å². The fourth-order valence-electron chi connectivity index (χ4n) is 3.19. The lowest BCUT2D eigenvalue weighted by Crippen LogP contribution is -3.00. The molecule has 0 aliphatic carbocycles. The Bertz CT molecular complexity index is 435. The van der Waals surface area contributed by atoms with Gasteiger partial charge in [-0.25, -0.2) is 9.59 Å². The van der Waals surface area contributed by atoms with E-state index in [1.54, 1.807) is 13.8 Å². The second kappa shape index (κ2) is 24.1. The SMILES string of the molecule is CCCC[N+](CCCC)(CCCC)CCCC.CCOC(=O)/C=C(/Cl)C(=O)OCC.[Br-]. The Labute approximate surface area is 207 Å². The topological polar surface area (TPSA) is 52.6 Å². The molecule has 0 aromatic carbocycles. The molecule has 0 radical (unpaired) electrons. The number of carbonyl (C=O) groups excluding carboxylic acids is 2. The average molecular weight is 529 g/mol. The predicted octanol–water partition coefficient (Wildman–Crippen LogP) is 3.24. The van der Waals surface area contributed by atoms with E-state index in [-0.39, 0.29) is 35.2 Å². The molecule has 0 amide bonds. The van der Waals surface area contributed by atoms with Crippen LogP contribution in [0.1, 0.15) is 92.9 Å². The van der Waals surface area contributed by atoms with Crippen molar-refractivity contribution in [2.75, 3.05) is 39.4 Å². The van der Waals surface area contributed by atoms with Gasteiger partial charge in [-0.3, -0.25) is 0 Å². The lowest BCUT2D eigenvalue weighted by atomic mass is 10.1. The van der Waals surface area contributed by atoms with Crippen molar-refractivity contribution in [3.8, 4) is 0 Å². The van der Waals surface area contributed by atoms with Gasteiger partial charge in [0.1, 0.15) is 5.03 Å². The molecular formula is C24H47BrClNO4. The molecule has 0 bridgehead atoms. The maximum absolute atomic E-state index is 10.9. The lowest BCUT2D eigenvalue weighted by Gasteiger charge is -2.39. The summed E-state index contributed by atoms with van der Waals surface area (Å²) >= 11 is 5.43. The molecule has 7 heteroatoms. The van der Waals surface area contributed by atoms with Crippen molar-refractivity contribution in [2.24, 2.45) is 0 Å². The Morgan fingerprint density at radius 2 is 1.06 bits per heavy atom. The Morgan fingerprint density at radius 3 is 1.35 bits per heavy atom. The highest BCUT2D eigenvalue weighted by molar-refractivity contribution is 6.42. The Morgan fingerprint density at radius 1 is 0.710 bits per heavy atom. The van der Waals surface area contributed by atoms with Gasteiger partial charge < -0.3 is 30.9 Å². The van der Waals surface area contributed by atoms with Crippen LogP contribution < -0.4 is 17.0 Å². The van der Waals surface area contributed by atoms with Crippen LogP contribution in [0.5, 0.6) is 0 Å². The van der Waals surface area contributed by atoms with E-state index in [4.69, 9.17) is 11.6 Å². The van der Waals surface area contributed by atoms with E-state index >= 15 is 0 Å². The summed E-state index contributed by atoms with van der Waals surface area (Å²) < 4.78 is 10.5. The highest BCUT2D eigenvalue weighted by Crippen LogP contribution is 2.16. The minimum absolute atomic E-state index is 0. The number of ether oxygens (including phenoxy) is 2. The molecule has 0 fully saturated rings. The number of carbonyl (C=O) groups is 2. The first kappa shape index (κ1) is 35.0. The van der Waals surface area contributed by atoms with Gasteiger partial charge in [0, 0.05) is 6.08 Å². The minimum Gasteiger partial charge on any atom is -1.00 e. The second-order valence-electron chi connectivity index (χ2n) is 7.62. The standard InChI is InChI=1S/C16H36N.C8H11ClO4.BrH/c1-5-9-13-17(14-10-6-2,15-11-7-3)16-12-8-4;1-3-12-7(10)5-6(9)8(11)13-4-2;/h5-16H2,1-4H3;5H,3-4H2,1-2H3;1H/q+1;;/p-1/b;6-5+;. The zero-order valence-electron chi connectivity index (χ0n) is 20.8. The van der Waals surface area contributed by atoms with Gasteiger partial charge in [-0.05, 0) is 39.5 Å². The van der Waals surface area contributed by atoms with Crippen molar-refractivity contribution < 1.29 is 40.5 Å². The van der Waals surface area contributed by atoms with Crippen LogP contribution in [0, 0.1) is 0 Å². The Balaban J connectivity index is -0.000000507. The van der Waals surface area contributed by atoms with Gasteiger partial charge in [-0.2, -0.15) is 0 Å². The summed E-state index contributed by atoms with van der Waals surface area (Å²) in [5.74, 6) is -1.38. The number of hydrogen-bond acceptors (Lipinski definition) is 4. The molecule has 0 aliphatic heterocycles. The summed E-state index contributed by atoms with van der Waals surface area (Å²) in [5, 5.41) is -0.277. The molecule has 0 aromatic heterocycles. The smallest absolute Gasteiger partial charge is 0.350 e. The zero-order valence-corrected chi connectivity index (χ0v) is 23.2. The van der Waals surface area contributed by atoms with Crippen LogP contribution in [0.25, 0.3) is 0 Å². The Kier molecular flexibility index (Phi) is 27.2. The maximum atomic E-state index is 10.9. The molecule has 0 N–H and O–H groups in total. The van der Waals surface area contributed by atoms with Gasteiger partial charge in [0.2, 0.25) is 0 Å². The highest BCUT2D eigenvalue weighted by Gasteiger charge is 2.24. The lowest BCUT2D eigenvalue weighted by molar-refractivity contribution is -0.929. The molecule has 5 nitrogen and oxygen atoms in total. The van der Waals surface area contributed by atoms with Gasteiger partial charge in [0.05, 0.1) is 39.4 Å². The van der Waals surface area contributed by atoms with Gasteiger partial charge in [0.15, 0.2) is 0 Å². The number of unbranched alkanes of at least 4 members (excludes halogenated alkanes) is 4. The van der Waals surface area contributed by atoms with Gasteiger partial charge in [0.25, 0.3) is 0 Å². The third kappa shape index (κ3) is 19.8. The van der Waals surface area contributed by atoms with Crippen LogP contribution in [-0.4, -0.2) is 55.8 Å². The molecule has 0 unspecified atom stereocenters. The fourth-order valence-corrected chi connectivity index (χ4v) is 3.33. The summed E-state index contributed by atoms with van der Waals surface area (Å²) in [6, 6.07) is 0. The zero-order chi connectivity index (χ0) is 23.3. The van der Waals surface area contributed by atoms with E-state index < -0.39 is 11.9 Å². The Hall–Kier alpha value is -0.590. The monoisotopic (exact) mass is 527 g/mol. The number of esters is 2. The van der Waals surface area contributed by atoms with Crippen molar-refractivity contribution in [2.45, 2.75) is 92.9 Å². The van der Waals surface area contributed by atoms with E-state index in [0.29, 0.717) is 0 Å². The van der Waals surface area contributed by atoms with Crippen LogP contribution >= 0.6 is 11.6 Å². The number of rotatable bonds is 16. The van der Waals surface area contributed by atoms with Crippen molar-refractivity contribution in [3.05, 3.63) is 11.1 Å². The van der Waals surface area contributed by atoms with Crippen LogP contribution in [-0.2, 0) is 19.1 Å². The number of hydrogen-bond donors (Lipinski definition) is 0. The molecule has 0 aliphatic rings. The van der Waals surface area contributed by atoms with E-state index in [1.165, 1.54) is 82.0 Å². The van der Waals surface area contributed by atoms with Crippen molar-refractivity contribution >= 4 is 23.5 Å². The molecule has 186 valence electrons. The number of quaternary nitrogens is 1. The van der Waals surface area contributed by atoms with Gasteiger partial charge in [-0.1, -0.05) is 65.0 Å². The third-order valence-electron chi connectivity index (χ3n) is 4.95.